The molecule has 7 heteroatoms. The number of benzene rings is 1. The number of aromatic nitrogens is 2. The molecule has 0 atom stereocenters. The van der Waals surface area contributed by atoms with Gasteiger partial charge in [-0.1, -0.05) is 0 Å². The zero-order valence-corrected chi connectivity index (χ0v) is 10.8. The lowest BCUT2D eigenvalue weighted by molar-refractivity contribution is -0.136. The Morgan fingerprint density at radius 1 is 1.16 bits per heavy atom. The monoisotopic (exact) mass is 276 g/mol. The van der Waals surface area contributed by atoms with E-state index in [9.17, 15) is 9.59 Å². The van der Waals surface area contributed by atoms with Gasteiger partial charge in [0.25, 0.3) is 0 Å². The van der Waals surface area contributed by atoms with Crippen molar-refractivity contribution in [1.82, 2.24) is 15.3 Å². The highest BCUT2D eigenvalue weighted by Crippen LogP contribution is 2.19. The van der Waals surface area contributed by atoms with Gasteiger partial charge in [0, 0.05) is 11.7 Å². The van der Waals surface area contributed by atoms with Crippen molar-refractivity contribution in [2.45, 2.75) is 18.9 Å². The van der Waals surface area contributed by atoms with Crippen molar-refractivity contribution in [1.29, 1.82) is 0 Å². The minimum absolute atomic E-state index is 0.168. The maximum absolute atomic E-state index is 11.7. The molecule has 98 valence electrons. The molecule has 1 heterocycles. The number of H-pyrrole nitrogens is 2. The van der Waals surface area contributed by atoms with E-state index in [0.29, 0.717) is 10.5 Å². The standard InChI is InChI=1S/C12H12N4O2S/c17-10(13-6-1-2-6)11(18)14-7-3-4-8-9(5-7)16-12(19)15-8/h3-6H,1-2H2,(H,13,17)(H,14,18)(H2,15,16,19). The van der Waals surface area contributed by atoms with Gasteiger partial charge in [-0.2, -0.15) is 0 Å². The maximum atomic E-state index is 11.7. The maximum Gasteiger partial charge on any atom is 0.313 e. The predicted molar refractivity (Wildman–Crippen MR) is 73.3 cm³/mol. The SMILES string of the molecule is O=C(Nc1ccc2[nH]c(=S)[nH]c2c1)C(=O)NC1CC1. The first-order chi connectivity index (χ1) is 9.11. The quantitative estimate of drug-likeness (QED) is 0.494. The molecule has 1 aliphatic carbocycles. The van der Waals surface area contributed by atoms with Crippen molar-refractivity contribution in [2.24, 2.45) is 0 Å². The molecule has 19 heavy (non-hydrogen) atoms. The van der Waals surface area contributed by atoms with E-state index in [1.165, 1.54) is 0 Å². The predicted octanol–water partition coefficient (Wildman–Crippen LogP) is 1.44. The van der Waals surface area contributed by atoms with Gasteiger partial charge in [-0.05, 0) is 43.3 Å². The van der Waals surface area contributed by atoms with Crippen LogP contribution in [0.25, 0.3) is 11.0 Å². The van der Waals surface area contributed by atoms with E-state index in [0.717, 1.165) is 23.9 Å². The summed E-state index contributed by atoms with van der Waals surface area (Å²) >= 11 is 4.98. The molecule has 0 radical (unpaired) electrons. The van der Waals surface area contributed by atoms with Crippen LogP contribution in [-0.4, -0.2) is 27.8 Å². The fraction of sp³-hybridized carbons (Fsp3) is 0.250. The van der Waals surface area contributed by atoms with Gasteiger partial charge in [0.15, 0.2) is 4.77 Å². The molecule has 1 aromatic carbocycles. The van der Waals surface area contributed by atoms with Gasteiger partial charge in [-0.3, -0.25) is 9.59 Å². The molecular weight excluding hydrogens is 264 g/mol. The molecular formula is C12H12N4O2S. The first kappa shape index (κ1) is 11.9. The summed E-state index contributed by atoms with van der Waals surface area (Å²) in [6, 6.07) is 5.39. The Kier molecular flexibility index (Phi) is 2.83. The van der Waals surface area contributed by atoms with Crippen LogP contribution >= 0.6 is 12.2 Å². The van der Waals surface area contributed by atoms with Crippen LogP contribution in [0.3, 0.4) is 0 Å². The minimum Gasteiger partial charge on any atom is -0.345 e. The van der Waals surface area contributed by atoms with Gasteiger partial charge in [0.1, 0.15) is 0 Å². The molecule has 2 aromatic rings. The Balaban J connectivity index is 1.74. The van der Waals surface area contributed by atoms with Crippen LogP contribution in [0, 0.1) is 4.77 Å². The molecule has 6 nitrogen and oxygen atoms in total. The molecule has 1 fully saturated rings. The molecule has 2 amide bonds. The number of carbonyl (C=O) groups is 2. The van der Waals surface area contributed by atoms with Gasteiger partial charge >= 0.3 is 11.8 Å². The molecule has 1 saturated carbocycles. The normalized spacial score (nSPS) is 14.3. The number of amides is 2. The number of hydrogen-bond donors (Lipinski definition) is 4. The topological polar surface area (TPSA) is 89.8 Å². The van der Waals surface area contributed by atoms with Crippen molar-refractivity contribution in [2.75, 3.05) is 5.32 Å². The smallest absolute Gasteiger partial charge is 0.313 e. The summed E-state index contributed by atoms with van der Waals surface area (Å²) in [5.74, 6) is -1.25. The number of hydrogen-bond acceptors (Lipinski definition) is 3. The van der Waals surface area contributed by atoms with Crippen LogP contribution in [0.2, 0.25) is 0 Å². The van der Waals surface area contributed by atoms with Crippen LogP contribution in [0.4, 0.5) is 5.69 Å². The third-order valence-corrected chi connectivity index (χ3v) is 3.10. The molecule has 3 rings (SSSR count). The molecule has 0 saturated heterocycles. The molecule has 1 aromatic heterocycles. The summed E-state index contributed by atoms with van der Waals surface area (Å²) in [6.07, 6.45) is 1.90. The number of rotatable bonds is 2. The summed E-state index contributed by atoms with van der Waals surface area (Å²) in [5, 5.41) is 5.19. The van der Waals surface area contributed by atoms with E-state index >= 15 is 0 Å². The summed E-state index contributed by atoms with van der Waals surface area (Å²) < 4.78 is 0.518. The summed E-state index contributed by atoms with van der Waals surface area (Å²) in [7, 11) is 0. The number of imidazole rings is 1. The summed E-state index contributed by atoms with van der Waals surface area (Å²) in [6.45, 7) is 0. The fourth-order valence-corrected chi connectivity index (χ4v) is 2.00. The van der Waals surface area contributed by atoms with Gasteiger partial charge in [0.2, 0.25) is 0 Å². The zero-order valence-electron chi connectivity index (χ0n) is 9.95. The lowest BCUT2D eigenvalue weighted by Gasteiger charge is -2.05. The van der Waals surface area contributed by atoms with Gasteiger partial charge in [-0.15, -0.1) is 0 Å². The number of nitrogens with one attached hydrogen (secondary N) is 4. The Morgan fingerprint density at radius 3 is 2.63 bits per heavy atom. The van der Waals surface area contributed by atoms with Crippen molar-refractivity contribution in [3.63, 3.8) is 0 Å². The Labute approximate surface area is 113 Å². The van der Waals surface area contributed by atoms with Gasteiger partial charge < -0.3 is 20.6 Å². The number of anilines is 1. The van der Waals surface area contributed by atoms with Crippen molar-refractivity contribution in [3.05, 3.63) is 23.0 Å². The lowest BCUT2D eigenvalue weighted by atomic mass is 10.2. The largest absolute Gasteiger partial charge is 0.345 e. The van der Waals surface area contributed by atoms with Gasteiger partial charge in [-0.25, -0.2) is 0 Å². The molecule has 0 aliphatic heterocycles. The van der Waals surface area contributed by atoms with Crippen LogP contribution in [0.5, 0.6) is 0 Å². The van der Waals surface area contributed by atoms with Crippen molar-refractivity contribution >= 4 is 40.8 Å². The second-order valence-electron chi connectivity index (χ2n) is 4.54. The van der Waals surface area contributed by atoms with Crippen LogP contribution < -0.4 is 10.6 Å². The second kappa shape index (κ2) is 4.51. The zero-order chi connectivity index (χ0) is 13.4. The van der Waals surface area contributed by atoms with E-state index in [1.807, 2.05) is 0 Å². The highest BCUT2D eigenvalue weighted by Gasteiger charge is 2.26. The summed E-state index contributed by atoms with van der Waals surface area (Å²) in [4.78, 5) is 29.1. The van der Waals surface area contributed by atoms with E-state index in [4.69, 9.17) is 12.2 Å². The first-order valence-corrected chi connectivity index (χ1v) is 6.36. The van der Waals surface area contributed by atoms with E-state index in [2.05, 4.69) is 20.6 Å². The number of fused-ring (bicyclic) bond motifs is 1. The highest BCUT2D eigenvalue weighted by atomic mass is 32.1. The molecule has 0 spiro atoms. The van der Waals surface area contributed by atoms with E-state index in [1.54, 1.807) is 18.2 Å². The molecule has 4 N–H and O–H groups in total. The van der Waals surface area contributed by atoms with Crippen molar-refractivity contribution < 1.29 is 9.59 Å². The Morgan fingerprint density at radius 2 is 1.89 bits per heavy atom. The van der Waals surface area contributed by atoms with E-state index < -0.39 is 11.8 Å². The second-order valence-corrected chi connectivity index (χ2v) is 4.95. The fourth-order valence-electron chi connectivity index (χ4n) is 1.78. The van der Waals surface area contributed by atoms with Gasteiger partial charge in [0.05, 0.1) is 11.0 Å². The average Bonchev–Trinajstić information content (AvgIpc) is 3.08. The van der Waals surface area contributed by atoms with E-state index in [-0.39, 0.29) is 6.04 Å². The third kappa shape index (κ3) is 2.65. The first-order valence-electron chi connectivity index (χ1n) is 5.96. The van der Waals surface area contributed by atoms with Crippen LogP contribution in [-0.2, 0) is 9.59 Å². The third-order valence-electron chi connectivity index (χ3n) is 2.89. The van der Waals surface area contributed by atoms with Crippen molar-refractivity contribution in [3.8, 4) is 0 Å². The molecule has 0 unspecified atom stereocenters. The summed E-state index contributed by atoms with van der Waals surface area (Å²) in [5.41, 5.74) is 2.18. The number of aromatic amines is 2. The van der Waals surface area contributed by atoms with Crippen LogP contribution in [0.15, 0.2) is 18.2 Å². The molecule has 1 aliphatic rings. The molecule has 0 bridgehead atoms. The average molecular weight is 276 g/mol. The highest BCUT2D eigenvalue weighted by molar-refractivity contribution is 7.71. The Bertz CT molecular complexity index is 714. The van der Waals surface area contributed by atoms with Crippen LogP contribution in [0.1, 0.15) is 12.8 Å². The minimum atomic E-state index is -0.652. The lowest BCUT2D eigenvalue weighted by Crippen LogP contribution is -2.36. The Hall–Kier alpha value is -2.15. The number of carbonyl (C=O) groups excluding carboxylic acids is 2.